The van der Waals surface area contributed by atoms with Crippen molar-refractivity contribution < 1.29 is 4.79 Å². The van der Waals surface area contributed by atoms with E-state index in [1.807, 2.05) is 36.4 Å². The first-order valence-electron chi connectivity index (χ1n) is 4.35. The molecule has 0 unspecified atom stereocenters. The molecule has 0 radical (unpaired) electrons. The minimum absolute atomic E-state index is 0.176. The number of ketones is 1. The molecule has 0 saturated heterocycles. The Labute approximate surface area is 77.5 Å². The zero-order valence-electron chi connectivity index (χ0n) is 7.31. The molecular formula is C11H11NO. The number of hydrogen-bond donors (Lipinski definition) is 0. The maximum atomic E-state index is 11.1. The Morgan fingerprint density at radius 3 is 2.62 bits per heavy atom. The summed E-state index contributed by atoms with van der Waals surface area (Å²) < 4.78 is 0. The molecule has 1 aliphatic rings. The molecule has 66 valence electrons. The number of anilines is 1. The smallest absolute Gasteiger partial charge is 0.174 e. The fourth-order valence-electron chi connectivity index (χ4n) is 1.45. The van der Waals surface area contributed by atoms with E-state index in [2.05, 4.69) is 4.90 Å². The maximum absolute atomic E-state index is 11.1. The van der Waals surface area contributed by atoms with E-state index in [1.165, 1.54) is 0 Å². The van der Waals surface area contributed by atoms with Crippen LogP contribution in [0.25, 0.3) is 0 Å². The first-order valence-corrected chi connectivity index (χ1v) is 4.35. The molecule has 0 spiro atoms. The molecule has 0 atom stereocenters. The van der Waals surface area contributed by atoms with Crippen molar-refractivity contribution in [2.24, 2.45) is 0 Å². The van der Waals surface area contributed by atoms with Crippen molar-refractivity contribution in [3.8, 4) is 0 Å². The summed E-state index contributed by atoms with van der Waals surface area (Å²) in [5, 5.41) is 0. The van der Waals surface area contributed by atoms with Gasteiger partial charge in [-0.15, -0.1) is 0 Å². The average Bonchev–Trinajstić information content (AvgIpc) is 2.19. The Morgan fingerprint density at radius 2 is 1.92 bits per heavy atom. The van der Waals surface area contributed by atoms with Crippen molar-refractivity contribution in [2.45, 2.75) is 0 Å². The Kier molecular flexibility index (Phi) is 2.13. The molecule has 1 aromatic rings. The summed E-state index contributed by atoms with van der Waals surface area (Å²) in [7, 11) is 0. The molecule has 0 saturated carbocycles. The summed E-state index contributed by atoms with van der Waals surface area (Å²) in [6.45, 7) is 1.33. The van der Waals surface area contributed by atoms with Crippen LogP contribution >= 0.6 is 0 Å². The van der Waals surface area contributed by atoms with Gasteiger partial charge in [-0.25, -0.2) is 0 Å². The number of benzene rings is 1. The maximum Gasteiger partial charge on any atom is 0.174 e. The van der Waals surface area contributed by atoms with Gasteiger partial charge >= 0.3 is 0 Å². The van der Waals surface area contributed by atoms with E-state index in [9.17, 15) is 4.79 Å². The van der Waals surface area contributed by atoms with Crippen LogP contribution in [0.5, 0.6) is 0 Å². The Morgan fingerprint density at radius 1 is 1.15 bits per heavy atom. The van der Waals surface area contributed by atoms with Crippen LogP contribution in [0.1, 0.15) is 0 Å². The van der Waals surface area contributed by atoms with Gasteiger partial charge < -0.3 is 4.90 Å². The van der Waals surface area contributed by atoms with Crippen molar-refractivity contribution in [2.75, 3.05) is 18.0 Å². The third kappa shape index (κ3) is 1.78. The molecule has 13 heavy (non-hydrogen) atoms. The molecule has 0 fully saturated rings. The van der Waals surface area contributed by atoms with Crippen molar-refractivity contribution in [3.05, 3.63) is 42.5 Å². The predicted molar refractivity (Wildman–Crippen MR) is 52.8 cm³/mol. The molecule has 1 heterocycles. The summed E-state index contributed by atoms with van der Waals surface area (Å²) in [6, 6.07) is 9.99. The van der Waals surface area contributed by atoms with Gasteiger partial charge in [0.1, 0.15) is 0 Å². The van der Waals surface area contributed by atoms with Gasteiger partial charge in [-0.2, -0.15) is 0 Å². The molecule has 2 nitrogen and oxygen atoms in total. The highest BCUT2D eigenvalue weighted by Gasteiger charge is 2.11. The van der Waals surface area contributed by atoms with Gasteiger partial charge in [-0.3, -0.25) is 4.79 Å². The molecule has 0 aliphatic carbocycles. The van der Waals surface area contributed by atoms with Crippen LogP contribution in [-0.4, -0.2) is 18.9 Å². The lowest BCUT2D eigenvalue weighted by Crippen LogP contribution is -2.32. The minimum Gasteiger partial charge on any atom is -0.360 e. The number of rotatable bonds is 1. The van der Waals surface area contributed by atoms with Crippen LogP contribution in [0.4, 0.5) is 5.69 Å². The number of para-hydroxylation sites is 1. The van der Waals surface area contributed by atoms with E-state index in [-0.39, 0.29) is 5.78 Å². The lowest BCUT2D eigenvalue weighted by molar-refractivity contribution is -0.113. The third-order valence-electron chi connectivity index (χ3n) is 2.10. The molecule has 0 aromatic heterocycles. The van der Waals surface area contributed by atoms with Crippen molar-refractivity contribution in [1.29, 1.82) is 0 Å². The second-order valence-corrected chi connectivity index (χ2v) is 3.08. The summed E-state index contributed by atoms with van der Waals surface area (Å²) >= 11 is 0. The average molecular weight is 173 g/mol. The first-order chi connectivity index (χ1) is 6.36. The summed E-state index contributed by atoms with van der Waals surface area (Å²) in [5.74, 6) is 0.176. The van der Waals surface area contributed by atoms with Crippen LogP contribution < -0.4 is 4.90 Å². The fraction of sp³-hybridized carbons (Fsp3) is 0.182. The van der Waals surface area contributed by atoms with Gasteiger partial charge in [0, 0.05) is 12.2 Å². The molecule has 1 aliphatic heterocycles. The van der Waals surface area contributed by atoms with Crippen LogP contribution in [-0.2, 0) is 4.79 Å². The van der Waals surface area contributed by atoms with Gasteiger partial charge in [-0.05, 0) is 18.2 Å². The van der Waals surface area contributed by atoms with E-state index in [0.29, 0.717) is 6.54 Å². The first kappa shape index (κ1) is 8.05. The van der Waals surface area contributed by atoms with Crippen molar-refractivity contribution in [3.63, 3.8) is 0 Å². The van der Waals surface area contributed by atoms with Gasteiger partial charge in [0.05, 0.1) is 6.54 Å². The van der Waals surface area contributed by atoms with E-state index in [0.717, 1.165) is 12.2 Å². The van der Waals surface area contributed by atoms with Gasteiger partial charge in [0.2, 0.25) is 0 Å². The van der Waals surface area contributed by atoms with E-state index in [1.54, 1.807) is 6.08 Å². The SMILES string of the molecule is O=C1C=CCN(c2ccccc2)C1. The number of nitrogens with zero attached hydrogens (tertiary/aromatic N) is 1. The van der Waals surface area contributed by atoms with E-state index < -0.39 is 0 Å². The zero-order valence-corrected chi connectivity index (χ0v) is 7.31. The van der Waals surface area contributed by atoms with Crippen LogP contribution in [0.3, 0.4) is 0 Å². The highest BCUT2D eigenvalue weighted by Crippen LogP contribution is 2.14. The zero-order chi connectivity index (χ0) is 9.10. The predicted octanol–water partition coefficient (Wildman–Crippen LogP) is 1.63. The quantitative estimate of drug-likeness (QED) is 0.643. The second kappa shape index (κ2) is 3.44. The Balaban J connectivity index is 2.19. The monoisotopic (exact) mass is 173 g/mol. The molecule has 2 heteroatoms. The standard InChI is InChI=1S/C11H11NO/c13-11-7-4-8-12(9-11)10-5-2-1-3-6-10/h1-7H,8-9H2. The number of hydrogen-bond acceptors (Lipinski definition) is 2. The van der Waals surface area contributed by atoms with Gasteiger partial charge in [0.25, 0.3) is 0 Å². The van der Waals surface area contributed by atoms with Crippen molar-refractivity contribution in [1.82, 2.24) is 0 Å². The second-order valence-electron chi connectivity index (χ2n) is 3.08. The third-order valence-corrected chi connectivity index (χ3v) is 2.10. The fourth-order valence-corrected chi connectivity index (χ4v) is 1.45. The molecule has 1 aromatic carbocycles. The van der Waals surface area contributed by atoms with E-state index in [4.69, 9.17) is 0 Å². The lowest BCUT2D eigenvalue weighted by atomic mass is 10.2. The van der Waals surface area contributed by atoms with Crippen LogP contribution in [0.15, 0.2) is 42.5 Å². The summed E-state index contributed by atoms with van der Waals surface area (Å²) in [5.41, 5.74) is 1.11. The van der Waals surface area contributed by atoms with Gasteiger partial charge in [0.15, 0.2) is 5.78 Å². The normalized spacial score (nSPS) is 16.3. The molecule has 0 N–H and O–H groups in total. The number of carbonyl (C=O) groups is 1. The van der Waals surface area contributed by atoms with Gasteiger partial charge in [-0.1, -0.05) is 24.3 Å². The Hall–Kier alpha value is -1.57. The molecule has 0 bridgehead atoms. The highest BCUT2D eigenvalue weighted by atomic mass is 16.1. The summed E-state index contributed by atoms with van der Waals surface area (Å²) in [4.78, 5) is 13.2. The topological polar surface area (TPSA) is 20.3 Å². The molecular weight excluding hydrogens is 162 g/mol. The lowest BCUT2D eigenvalue weighted by Gasteiger charge is -2.24. The van der Waals surface area contributed by atoms with Crippen LogP contribution in [0, 0.1) is 0 Å². The number of carbonyl (C=O) groups excluding carboxylic acids is 1. The molecule has 0 amide bonds. The van der Waals surface area contributed by atoms with Crippen molar-refractivity contribution >= 4 is 11.5 Å². The molecule has 2 rings (SSSR count). The largest absolute Gasteiger partial charge is 0.360 e. The minimum atomic E-state index is 0.176. The Bertz CT molecular complexity index is 329. The summed E-state index contributed by atoms with van der Waals surface area (Å²) in [6.07, 6.45) is 3.55. The highest BCUT2D eigenvalue weighted by molar-refractivity contribution is 5.94. The van der Waals surface area contributed by atoms with E-state index >= 15 is 0 Å². The van der Waals surface area contributed by atoms with Crippen LogP contribution in [0.2, 0.25) is 0 Å².